The first kappa shape index (κ1) is 20.2. The molecule has 3 N–H and O–H groups in total. The van der Waals surface area contributed by atoms with Crippen LogP contribution in [0.25, 0.3) is 0 Å². The number of halogens is 1. The van der Waals surface area contributed by atoms with Crippen LogP contribution in [0, 0.1) is 0 Å². The van der Waals surface area contributed by atoms with Crippen LogP contribution in [0.1, 0.15) is 12.8 Å². The fraction of sp³-hybridized carbons (Fsp3) is 1.00. The van der Waals surface area contributed by atoms with Gasteiger partial charge in [0.05, 0.1) is 6.61 Å². The zero-order valence-electron chi connectivity index (χ0n) is 11.2. The largest absolute Gasteiger partial charge is 0.396 e. The number of rotatable bonds is 14. The van der Waals surface area contributed by atoms with E-state index in [2.05, 4.69) is 0 Å². The van der Waals surface area contributed by atoms with Crippen LogP contribution >= 0.6 is 46.9 Å². The van der Waals surface area contributed by atoms with Crippen molar-refractivity contribution in [1.82, 2.24) is 0 Å². The highest BCUT2D eigenvalue weighted by atomic mass is 35.5. The van der Waals surface area contributed by atoms with Crippen LogP contribution in [0.4, 0.5) is 0 Å². The van der Waals surface area contributed by atoms with Crippen molar-refractivity contribution in [3.8, 4) is 0 Å². The first-order valence-electron chi connectivity index (χ1n) is 6.48. The van der Waals surface area contributed by atoms with E-state index in [1.807, 2.05) is 23.5 Å². The highest BCUT2D eigenvalue weighted by Crippen LogP contribution is 2.23. The fourth-order valence-corrected chi connectivity index (χ4v) is 5.33. The molecule has 7 heteroatoms. The molecule has 0 fully saturated rings. The molecule has 2 unspecified atom stereocenters. The normalized spacial score (nSPS) is 14.5. The molecule has 0 aliphatic rings. The monoisotopic (exact) mass is 348 g/mol. The lowest BCUT2D eigenvalue weighted by Gasteiger charge is -2.18. The van der Waals surface area contributed by atoms with Gasteiger partial charge in [-0.05, 0) is 24.3 Å². The first-order valence-corrected chi connectivity index (χ1v) is 10.3. The van der Waals surface area contributed by atoms with Crippen LogP contribution < -0.4 is 0 Å². The molecule has 0 bridgehead atoms. The molecule has 0 rings (SSSR count). The summed E-state index contributed by atoms with van der Waals surface area (Å²) >= 11 is 11.3. The maximum atomic E-state index is 9.29. The molecular formula is C12H25ClO3S3. The third kappa shape index (κ3) is 12.7. The average Bonchev–Trinajstić information content (AvgIpc) is 2.44. The number of thioether (sulfide) groups is 3. The summed E-state index contributed by atoms with van der Waals surface area (Å²) in [5.74, 6) is 4.37. The molecule has 116 valence electrons. The van der Waals surface area contributed by atoms with Gasteiger partial charge in [0.2, 0.25) is 0 Å². The molecule has 0 spiro atoms. The molecule has 0 aliphatic carbocycles. The van der Waals surface area contributed by atoms with Crippen molar-refractivity contribution < 1.29 is 15.3 Å². The number of hydrogen-bond donors (Lipinski definition) is 3. The molecule has 0 amide bonds. The van der Waals surface area contributed by atoms with Gasteiger partial charge >= 0.3 is 0 Å². The lowest BCUT2D eigenvalue weighted by atomic mass is 10.5. The van der Waals surface area contributed by atoms with E-state index in [1.54, 1.807) is 11.8 Å². The van der Waals surface area contributed by atoms with Crippen LogP contribution in [0.5, 0.6) is 0 Å². The first-order chi connectivity index (χ1) is 9.28. The summed E-state index contributed by atoms with van der Waals surface area (Å²) in [6.45, 7) is 0.639. The summed E-state index contributed by atoms with van der Waals surface area (Å²) in [5, 5.41) is 27.4. The van der Waals surface area contributed by atoms with Gasteiger partial charge in [-0.3, -0.25) is 0 Å². The minimum Gasteiger partial charge on any atom is -0.396 e. The molecule has 0 aromatic rings. The van der Waals surface area contributed by atoms with Gasteiger partial charge in [-0.15, -0.1) is 11.6 Å². The van der Waals surface area contributed by atoms with E-state index in [9.17, 15) is 5.11 Å². The van der Waals surface area contributed by atoms with Crippen molar-refractivity contribution in [2.75, 3.05) is 48.7 Å². The third-order valence-electron chi connectivity index (χ3n) is 2.30. The van der Waals surface area contributed by atoms with Crippen molar-refractivity contribution >= 4 is 46.9 Å². The van der Waals surface area contributed by atoms with Crippen molar-refractivity contribution in [1.29, 1.82) is 0 Å². The third-order valence-corrected chi connectivity index (χ3v) is 7.20. The van der Waals surface area contributed by atoms with E-state index >= 15 is 0 Å². The van der Waals surface area contributed by atoms with E-state index in [4.69, 9.17) is 21.8 Å². The van der Waals surface area contributed by atoms with Crippen molar-refractivity contribution in [2.45, 2.75) is 23.3 Å². The molecule has 0 saturated heterocycles. The molecule has 0 radical (unpaired) electrons. The predicted molar refractivity (Wildman–Crippen MR) is 91.0 cm³/mol. The van der Waals surface area contributed by atoms with E-state index in [0.717, 1.165) is 35.9 Å². The molecular weight excluding hydrogens is 324 g/mol. The topological polar surface area (TPSA) is 60.7 Å². The molecule has 0 aliphatic heterocycles. The lowest BCUT2D eigenvalue weighted by Crippen LogP contribution is -2.18. The highest BCUT2D eigenvalue weighted by Gasteiger charge is 2.13. The van der Waals surface area contributed by atoms with Crippen molar-refractivity contribution in [3.05, 3.63) is 0 Å². The van der Waals surface area contributed by atoms with E-state index < -0.39 is 0 Å². The molecule has 19 heavy (non-hydrogen) atoms. The Morgan fingerprint density at radius 1 is 0.842 bits per heavy atom. The van der Waals surface area contributed by atoms with E-state index in [1.165, 1.54) is 0 Å². The highest BCUT2D eigenvalue weighted by molar-refractivity contribution is 8.05. The summed E-state index contributed by atoms with van der Waals surface area (Å²) in [7, 11) is 0. The van der Waals surface area contributed by atoms with Crippen LogP contribution in [-0.2, 0) is 0 Å². The SMILES string of the molecule is OCCCSCC(CCl)SCC(CO)SCCCO. The summed E-state index contributed by atoms with van der Waals surface area (Å²) in [6, 6.07) is 0. The molecule has 2 atom stereocenters. The number of aliphatic hydroxyl groups is 3. The average molecular weight is 349 g/mol. The Morgan fingerprint density at radius 3 is 2.11 bits per heavy atom. The summed E-state index contributed by atoms with van der Waals surface area (Å²) in [5.41, 5.74) is 0. The Kier molecular flexibility index (Phi) is 16.6. The van der Waals surface area contributed by atoms with Crippen LogP contribution in [-0.4, -0.2) is 74.5 Å². The van der Waals surface area contributed by atoms with Crippen LogP contribution in [0.3, 0.4) is 0 Å². The molecule has 0 aromatic carbocycles. The van der Waals surface area contributed by atoms with E-state index in [0.29, 0.717) is 11.1 Å². The Hall–Kier alpha value is 1.22. The van der Waals surface area contributed by atoms with Crippen LogP contribution in [0.15, 0.2) is 0 Å². The quantitative estimate of drug-likeness (QED) is 0.329. The maximum Gasteiger partial charge on any atom is 0.0558 e. The number of alkyl halides is 1. The zero-order valence-corrected chi connectivity index (χ0v) is 14.4. The predicted octanol–water partition coefficient (Wildman–Crippen LogP) is 1.92. The molecule has 0 saturated carbocycles. The summed E-state index contributed by atoms with van der Waals surface area (Å²) < 4.78 is 0. The Bertz CT molecular complexity index is 190. The number of hydrogen-bond acceptors (Lipinski definition) is 6. The fourth-order valence-electron chi connectivity index (χ4n) is 1.23. The zero-order chi connectivity index (χ0) is 14.3. The van der Waals surface area contributed by atoms with Gasteiger partial charge in [0.25, 0.3) is 0 Å². The Balaban J connectivity index is 3.70. The van der Waals surface area contributed by atoms with Gasteiger partial charge < -0.3 is 15.3 Å². The summed E-state index contributed by atoms with van der Waals surface area (Å²) in [4.78, 5) is 0. The standard InChI is InChI=1S/C12H25ClO3S3/c13-7-11(9-17-5-1-3-14)19-10-12(8-16)18-6-2-4-15/h11-12,14-16H,1-10H2. The van der Waals surface area contributed by atoms with Crippen molar-refractivity contribution in [3.63, 3.8) is 0 Å². The van der Waals surface area contributed by atoms with Gasteiger partial charge in [-0.2, -0.15) is 35.3 Å². The van der Waals surface area contributed by atoms with Gasteiger partial charge in [0, 0.05) is 41.1 Å². The van der Waals surface area contributed by atoms with E-state index in [-0.39, 0.29) is 25.1 Å². The molecule has 0 aromatic heterocycles. The van der Waals surface area contributed by atoms with Crippen molar-refractivity contribution in [2.24, 2.45) is 0 Å². The van der Waals surface area contributed by atoms with Gasteiger partial charge in [-0.1, -0.05) is 0 Å². The minimum absolute atomic E-state index is 0.176. The second kappa shape index (κ2) is 15.6. The number of aliphatic hydroxyl groups excluding tert-OH is 3. The maximum absolute atomic E-state index is 9.29. The summed E-state index contributed by atoms with van der Waals surface area (Å²) in [6.07, 6.45) is 1.61. The lowest BCUT2D eigenvalue weighted by molar-refractivity contribution is 0.294. The Morgan fingerprint density at radius 2 is 1.53 bits per heavy atom. The second-order valence-electron chi connectivity index (χ2n) is 4.01. The Labute approximate surface area is 134 Å². The second-order valence-corrected chi connectivity index (χ2v) is 8.21. The smallest absolute Gasteiger partial charge is 0.0558 e. The van der Waals surface area contributed by atoms with Gasteiger partial charge in [0.1, 0.15) is 0 Å². The minimum atomic E-state index is 0.176. The molecule has 0 heterocycles. The van der Waals surface area contributed by atoms with Gasteiger partial charge in [-0.25, -0.2) is 0 Å². The van der Waals surface area contributed by atoms with Crippen LogP contribution in [0.2, 0.25) is 0 Å². The van der Waals surface area contributed by atoms with Gasteiger partial charge in [0.15, 0.2) is 0 Å². The molecule has 3 nitrogen and oxygen atoms in total.